The first-order valence-corrected chi connectivity index (χ1v) is 8.53. The monoisotopic (exact) mass is 415 g/mol. The van der Waals surface area contributed by atoms with Crippen LogP contribution in [0, 0.1) is 3.57 Å². The van der Waals surface area contributed by atoms with Crippen molar-refractivity contribution >= 4 is 50.9 Å². The molecule has 4 nitrogen and oxygen atoms in total. The predicted molar refractivity (Wildman–Crippen MR) is 100 cm³/mol. The van der Waals surface area contributed by atoms with Crippen molar-refractivity contribution in [2.24, 2.45) is 0 Å². The highest BCUT2D eigenvalue weighted by molar-refractivity contribution is 14.1. The maximum Gasteiger partial charge on any atom is 0.252 e. The van der Waals surface area contributed by atoms with Crippen molar-refractivity contribution in [3.63, 3.8) is 0 Å². The number of fused-ring (bicyclic) bond motifs is 3. The van der Waals surface area contributed by atoms with Crippen LogP contribution in [0.1, 0.15) is 15.9 Å². The van der Waals surface area contributed by atoms with Crippen molar-refractivity contribution in [3.05, 3.63) is 63.2 Å². The average Bonchev–Trinajstić information content (AvgIpc) is 2.57. The lowest BCUT2D eigenvalue weighted by atomic mass is 9.96. The summed E-state index contributed by atoms with van der Waals surface area (Å²) in [7, 11) is 0. The highest BCUT2D eigenvalue weighted by atomic mass is 127. The molecule has 1 aliphatic rings. The van der Waals surface area contributed by atoms with Crippen molar-refractivity contribution in [2.75, 3.05) is 11.9 Å². The Balaban J connectivity index is 1.93. The van der Waals surface area contributed by atoms with Gasteiger partial charge >= 0.3 is 0 Å². The molecule has 2 heterocycles. The average molecular weight is 415 g/mol. The van der Waals surface area contributed by atoms with Crippen molar-refractivity contribution in [1.82, 2.24) is 10.3 Å². The summed E-state index contributed by atoms with van der Waals surface area (Å²) >= 11 is 2.30. The fourth-order valence-corrected chi connectivity index (χ4v) is 3.46. The van der Waals surface area contributed by atoms with Gasteiger partial charge in [0, 0.05) is 21.1 Å². The van der Waals surface area contributed by atoms with Crippen LogP contribution in [-0.4, -0.2) is 17.4 Å². The highest BCUT2D eigenvalue weighted by Gasteiger charge is 2.24. The molecule has 23 heavy (non-hydrogen) atoms. The second-order valence-electron chi connectivity index (χ2n) is 5.44. The maximum atomic E-state index is 12.4. The Bertz CT molecular complexity index is 923. The molecule has 0 saturated heterocycles. The van der Waals surface area contributed by atoms with E-state index in [1.807, 2.05) is 48.5 Å². The minimum Gasteiger partial charge on any atom is -0.352 e. The van der Waals surface area contributed by atoms with E-state index in [9.17, 15) is 4.79 Å². The maximum absolute atomic E-state index is 12.4. The Hall–Kier alpha value is -2.15. The van der Waals surface area contributed by atoms with Crippen LogP contribution in [-0.2, 0) is 6.42 Å². The highest BCUT2D eigenvalue weighted by Crippen LogP contribution is 2.31. The van der Waals surface area contributed by atoms with Crippen molar-refractivity contribution < 1.29 is 4.79 Å². The molecule has 0 fully saturated rings. The number of carbonyl (C=O) groups excluding carboxylic acids is 1. The molecule has 0 spiro atoms. The number of nitrogens with zero attached hydrogens (tertiary/aromatic N) is 1. The number of hydrogen-bond donors (Lipinski definition) is 2. The van der Waals surface area contributed by atoms with Crippen LogP contribution < -0.4 is 10.6 Å². The van der Waals surface area contributed by atoms with Crippen LogP contribution in [0.15, 0.2) is 48.5 Å². The van der Waals surface area contributed by atoms with Gasteiger partial charge in [0.15, 0.2) is 0 Å². The van der Waals surface area contributed by atoms with Crippen LogP contribution in [0.25, 0.3) is 10.9 Å². The Labute approximate surface area is 147 Å². The van der Waals surface area contributed by atoms with Crippen LogP contribution in [0.3, 0.4) is 0 Å². The number of anilines is 2. The van der Waals surface area contributed by atoms with Gasteiger partial charge in [-0.25, -0.2) is 4.98 Å². The molecule has 5 heteroatoms. The largest absolute Gasteiger partial charge is 0.352 e. The first-order valence-electron chi connectivity index (χ1n) is 7.45. The van der Waals surface area contributed by atoms with Crippen molar-refractivity contribution in [2.45, 2.75) is 6.42 Å². The van der Waals surface area contributed by atoms with Gasteiger partial charge in [-0.15, -0.1) is 0 Å². The summed E-state index contributed by atoms with van der Waals surface area (Å²) < 4.78 is 1.12. The fourth-order valence-electron chi connectivity index (χ4n) is 2.94. The zero-order valence-corrected chi connectivity index (χ0v) is 14.4. The standard InChI is InChI=1S/C18H14IN3O/c19-13-6-2-4-8-15(13)22-17-12-9-10-20-18(23)16(12)11-5-1-3-7-14(11)21-17/h1-8H,9-10H2,(H,20,23)(H,21,22). The summed E-state index contributed by atoms with van der Waals surface area (Å²) in [6, 6.07) is 15.9. The molecule has 4 rings (SSSR count). The normalized spacial score (nSPS) is 13.5. The van der Waals surface area contributed by atoms with Gasteiger partial charge in [-0.2, -0.15) is 0 Å². The quantitative estimate of drug-likeness (QED) is 0.625. The van der Waals surface area contributed by atoms with Gasteiger partial charge in [-0.1, -0.05) is 30.3 Å². The molecule has 1 aromatic heterocycles. The first kappa shape index (κ1) is 14.4. The summed E-state index contributed by atoms with van der Waals surface area (Å²) in [6.45, 7) is 0.645. The van der Waals surface area contributed by atoms with E-state index in [1.54, 1.807) is 0 Å². The van der Waals surface area contributed by atoms with Crippen LogP contribution in [0.2, 0.25) is 0 Å². The van der Waals surface area contributed by atoms with E-state index >= 15 is 0 Å². The Morgan fingerprint density at radius 3 is 2.74 bits per heavy atom. The molecule has 0 radical (unpaired) electrons. The molecule has 2 N–H and O–H groups in total. The number of halogens is 1. The number of aromatic nitrogens is 1. The molecule has 2 aromatic carbocycles. The van der Waals surface area contributed by atoms with E-state index in [0.717, 1.165) is 43.5 Å². The minimum absolute atomic E-state index is 0.0179. The van der Waals surface area contributed by atoms with Crippen LogP contribution in [0.4, 0.5) is 11.5 Å². The lowest BCUT2D eigenvalue weighted by molar-refractivity contribution is 0.0948. The molecule has 114 valence electrons. The third kappa shape index (κ3) is 2.55. The van der Waals surface area contributed by atoms with E-state index < -0.39 is 0 Å². The van der Waals surface area contributed by atoms with Gasteiger partial charge in [0.2, 0.25) is 0 Å². The first-order chi connectivity index (χ1) is 11.2. The molecule has 1 amide bonds. The Kier molecular flexibility index (Phi) is 3.65. The number of benzene rings is 2. The second kappa shape index (κ2) is 5.81. The summed E-state index contributed by atoms with van der Waals surface area (Å²) in [5.41, 5.74) is 3.57. The van der Waals surface area contributed by atoms with Gasteiger partial charge in [-0.05, 0) is 47.2 Å². The number of carbonyl (C=O) groups is 1. The lowest BCUT2D eigenvalue weighted by Gasteiger charge is -2.22. The molecule has 0 aliphatic carbocycles. The van der Waals surface area contributed by atoms with Gasteiger partial charge in [0.25, 0.3) is 5.91 Å². The number of amides is 1. The van der Waals surface area contributed by atoms with E-state index in [-0.39, 0.29) is 5.91 Å². The van der Waals surface area contributed by atoms with Crippen LogP contribution >= 0.6 is 22.6 Å². The topological polar surface area (TPSA) is 54.0 Å². The Morgan fingerprint density at radius 1 is 1.09 bits per heavy atom. The second-order valence-corrected chi connectivity index (χ2v) is 6.60. The van der Waals surface area contributed by atoms with E-state index in [4.69, 9.17) is 4.98 Å². The number of nitrogens with one attached hydrogen (secondary N) is 2. The number of para-hydroxylation sites is 2. The molecule has 0 unspecified atom stereocenters. The van der Waals surface area contributed by atoms with E-state index in [0.29, 0.717) is 6.54 Å². The fraction of sp³-hybridized carbons (Fsp3) is 0.111. The molecule has 3 aromatic rings. The number of rotatable bonds is 2. The number of hydrogen-bond acceptors (Lipinski definition) is 3. The summed E-state index contributed by atoms with van der Waals surface area (Å²) in [5, 5.41) is 7.26. The SMILES string of the molecule is O=C1NCCc2c(Nc3ccccc3I)nc3ccccc3c21. The summed E-state index contributed by atoms with van der Waals surface area (Å²) in [6.07, 6.45) is 0.782. The van der Waals surface area contributed by atoms with Gasteiger partial charge < -0.3 is 10.6 Å². The molecule has 0 bridgehead atoms. The third-order valence-corrected chi connectivity index (χ3v) is 4.95. The third-order valence-electron chi connectivity index (χ3n) is 4.01. The van der Waals surface area contributed by atoms with E-state index in [1.165, 1.54) is 0 Å². The summed E-state index contributed by atoms with van der Waals surface area (Å²) in [4.78, 5) is 17.2. The number of pyridine rings is 1. The van der Waals surface area contributed by atoms with Crippen LogP contribution in [0.5, 0.6) is 0 Å². The smallest absolute Gasteiger partial charge is 0.252 e. The van der Waals surface area contributed by atoms with Crippen molar-refractivity contribution in [3.8, 4) is 0 Å². The molecule has 0 saturated carbocycles. The predicted octanol–water partition coefficient (Wildman–Crippen LogP) is 3.87. The zero-order valence-electron chi connectivity index (χ0n) is 12.3. The zero-order chi connectivity index (χ0) is 15.8. The Morgan fingerprint density at radius 2 is 1.87 bits per heavy atom. The molecule has 0 atom stereocenters. The van der Waals surface area contributed by atoms with Gasteiger partial charge in [0.05, 0.1) is 16.8 Å². The van der Waals surface area contributed by atoms with Gasteiger partial charge in [0.1, 0.15) is 5.82 Å². The molecule has 1 aliphatic heterocycles. The minimum atomic E-state index is -0.0179. The molecular weight excluding hydrogens is 401 g/mol. The summed E-state index contributed by atoms with van der Waals surface area (Å²) in [5.74, 6) is 0.758. The van der Waals surface area contributed by atoms with Gasteiger partial charge in [-0.3, -0.25) is 4.79 Å². The lowest BCUT2D eigenvalue weighted by Crippen LogP contribution is -2.32. The van der Waals surface area contributed by atoms with Crippen molar-refractivity contribution in [1.29, 1.82) is 0 Å². The van der Waals surface area contributed by atoms with E-state index in [2.05, 4.69) is 33.2 Å². The molecular formula is C18H14IN3O.